The smallest absolute Gasteiger partial charge is 0.357 e. The molecule has 0 aliphatic heterocycles. The Labute approximate surface area is 78.3 Å². The Bertz CT molecular complexity index is 418. The molecule has 0 atom stereocenters. The summed E-state index contributed by atoms with van der Waals surface area (Å²) in [6, 6.07) is 2.61. The number of hydrogen-bond acceptors (Lipinski definition) is 3. The van der Waals surface area contributed by atoms with Gasteiger partial charge in [-0.15, -0.1) is 0 Å². The standard InChI is InChI=1S/C6H3ClF2O3S/c7-5-3-4(8)1-2-6(5)12-13(9,10)11/h1-3H. The van der Waals surface area contributed by atoms with E-state index in [1.807, 2.05) is 0 Å². The Morgan fingerprint density at radius 3 is 2.46 bits per heavy atom. The molecule has 72 valence electrons. The molecule has 7 heteroatoms. The minimum absolute atomic E-state index is 0.318. The van der Waals surface area contributed by atoms with E-state index < -0.39 is 22.1 Å². The predicted molar refractivity (Wildman–Crippen MR) is 42.1 cm³/mol. The van der Waals surface area contributed by atoms with E-state index >= 15 is 0 Å². The van der Waals surface area contributed by atoms with Gasteiger partial charge in [-0.25, -0.2) is 4.39 Å². The first kappa shape index (κ1) is 10.2. The summed E-state index contributed by atoms with van der Waals surface area (Å²) in [4.78, 5) is 0. The van der Waals surface area contributed by atoms with Gasteiger partial charge in [0.1, 0.15) is 5.82 Å². The summed E-state index contributed by atoms with van der Waals surface area (Å²) in [5.74, 6) is -1.13. The number of benzene rings is 1. The molecule has 1 aromatic rings. The highest BCUT2D eigenvalue weighted by Crippen LogP contribution is 2.26. The molecule has 0 saturated carbocycles. The van der Waals surface area contributed by atoms with Crippen LogP contribution in [0.25, 0.3) is 0 Å². The number of rotatable bonds is 2. The highest BCUT2D eigenvalue weighted by molar-refractivity contribution is 7.81. The van der Waals surface area contributed by atoms with Crippen molar-refractivity contribution in [2.45, 2.75) is 0 Å². The normalized spacial score (nSPS) is 11.3. The Hall–Kier alpha value is -0.880. The van der Waals surface area contributed by atoms with E-state index in [0.29, 0.717) is 0 Å². The Morgan fingerprint density at radius 1 is 1.38 bits per heavy atom. The molecule has 0 spiro atoms. The van der Waals surface area contributed by atoms with E-state index in [-0.39, 0.29) is 5.02 Å². The van der Waals surface area contributed by atoms with Crippen LogP contribution >= 0.6 is 11.6 Å². The lowest BCUT2D eigenvalue weighted by atomic mass is 10.3. The van der Waals surface area contributed by atoms with Crippen LogP contribution < -0.4 is 4.18 Å². The highest BCUT2D eigenvalue weighted by Gasteiger charge is 2.12. The van der Waals surface area contributed by atoms with Gasteiger partial charge in [0.05, 0.1) is 5.02 Å². The van der Waals surface area contributed by atoms with E-state index in [9.17, 15) is 16.7 Å². The molecule has 0 unspecified atom stereocenters. The monoisotopic (exact) mass is 228 g/mol. The van der Waals surface area contributed by atoms with Gasteiger partial charge < -0.3 is 4.18 Å². The van der Waals surface area contributed by atoms with Gasteiger partial charge in [-0.3, -0.25) is 0 Å². The maximum atomic E-state index is 12.4. The van der Waals surface area contributed by atoms with Gasteiger partial charge in [-0.2, -0.15) is 8.42 Å². The van der Waals surface area contributed by atoms with Crippen molar-refractivity contribution < 1.29 is 20.9 Å². The average Bonchev–Trinajstić information content (AvgIpc) is 1.93. The third-order valence-electron chi connectivity index (χ3n) is 1.08. The van der Waals surface area contributed by atoms with Crippen molar-refractivity contribution in [3.05, 3.63) is 29.0 Å². The van der Waals surface area contributed by atoms with Gasteiger partial charge in [0.15, 0.2) is 5.75 Å². The fourth-order valence-electron chi connectivity index (χ4n) is 0.650. The summed E-state index contributed by atoms with van der Waals surface area (Å²) < 4.78 is 48.1. The zero-order valence-electron chi connectivity index (χ0n) is 6.00. The molecule has 0 bridgehead atoms. The SMILES string of the molecule is O=S(=O)(F)Oc1ccc(F)cc1Cl. The van der Waals surface area contributed by atoms with Crippen LogP contribution in [-0.4, -0.2) is 8.42 Å². The van der Waals surface area contributed by atoms with Crippen molar-refractivity contribution in [2.75, 3.05) is 0 Å². The third kappa shape index (κ3) is 3.16. The van der Waals surface area contributed by atoms with Gasteiger partial charge in [0.25, 0.3) is 0 Å². The van der Waals surface area contributed by atoms with Gasteiger partial charge in [0.2, 0.25) is 0 Å². The van der Waals surface area contributed by atoms with Gasteiger partial charge in [-0.05, 0) is 18.2 Å². The van der Waals surface area contributed by atoms with Crippen molar-refractivity contribution in [3.8, 4) is 5.75 Å². The van der Waals surface area contributed by atoms with Crippen LogP contribution in [0.1, 0.15) is 0 Å². The Balaban J connectivity index is 3.04. The molecule has 3 nitrogen and oxygen atoms in total. The molecular weight excluding hydrogens is 226 g/mol. The fraction of sp³-hybridized carbons (Fsp3) is 0. The number of hydrogen-bond donors (Lipinski definition) is 0. The van der Waals surface area contributed by atoms with Gasteiger partial charge in [0, 0.05) is 0 Å². The quantitative estimate of drug-likeness (QED) is 0.728. The van der Waals surface area contributed by atoms with Crippen LogP contribution in [0.5, 0.6) is 5.75 Å². The summed E-state index contributed by atoms with van der Waals surface area (Å²) in [5.41, 5.74) is 0. The topological polar surface area (TPSA) is 43.4 Å². The first-order valence-electron chi connectivity index (χ1n) is 2.97. The largest absolute Gasteiger partial charge is 0.488 e. The Morgan fingerprint density at radius 2 is 2.00 bits per heavy atom. The van der Waals surface area contributed by atoms with Crippen LogP contribution in [-0.2, 0) is 10.5 Å². The lowest BCUT2D eigenvalue weighted by Crippen LogP contribution is -2.01. The van der Waals surface area contributed by atoms with E-state index in [0.717, 1.165) is 18.2 Å². The molecular formula is C6H3ClF2O3S. The minimum atomic E-state index is -5.12. The molecule has 0 fully saturated rings. The van der Waals surface area contributed by atoms with Gasteiger partial charge in [-0.1, -0.05) is 15.5 Å². The minimum Gasteiger partial charge on any atom is -0.357 e. The molecule has 13 heavy (non-hydrogen) atoms. The van der Waals surface area contributed by atoms with Crippen LogP contribution in [0.4, 0.5) is 8.28 Å². The van der Waals surface area contributed by atoms with E-state index in [4.69, 9.17) is 11.6 Å². The molecule has 0 saturated heterocycles. The summed E-state index contributed by atoms with van der Waals surface area (Å²) in [6.45, 7) is 0. The van der Waals surface area contributed by atoms with Crippen molar-refractivity contribution >= 4 is 22.1 Å². The van der Waals surface area contributed by atoms with Crippen molar-refractivity contribution in [3.63, 3.8) is 0 Å². The third-order valence-corrected chi connectivity index (χ3v) is 1.76. The zero-order valence-corrected chi connectivity index (χ0v) is 7.57. The van der Waals surface area contributed by atoms with E-state index in [1.165, 1.54) is 0 Å². The summed E-state index contributed by atoms with van der Waals surface area (Å²) >= 11 is 5.34. The van der Waals surface area contributed by atoms with Crippen molar-refractivity contribution in [1.29, 1.82) is 0 Å². The molecule has 0 heterocycles. The second kappa shape index (κ2) is 3.47. The molecule has 0 aliphatic rings. The molecule has 1 aromatic carbocycles. The predicted octanol–water partition coefficient (Wildman–Crippen LogP) is 2.07. The lowest BCUT2D eigenvalue weighted by molar-refractivity contribution is 0.439. The summed E-state index contributed by atoms with van der Waals surface area (Å²) in [7, 11) is -5.12. The Kier molecular flexibility index (Phi) is 2.72. The lowest BCUT2D eigenvalue weighted by Gasteiger charge is -2.01. The maximum absolute atomic E-state index is 12.4. The molecule has 0 amide bonds. The first-order valence-corrected chi connectivity index (χ1v) is 4.66. The van der Waals surface area contributed by atoms with E-state index in [2.05, 4.69) is 4.18 Å². The summed E-state index contributed by atoms with van der Waals surface area (Å²) in [5, 5.41) is -0.318. The molecule has 0 aromatic heterocycles. The maximum Gasteiger partial charge on any atom is 0.488 e. The molecule has 0 radical (unpaired) electrons. The van der Waals surface area contributed by atoms with E-state index in [1.54, 1.807) is 0 Å². The number of halogens is 3. The molecule has 0 aliphatic carbocycles. The fourth-order valence-corrected chi connectivity index (χ4v) is 1.26. The first-order chi connectivity index (χ1) is 5.88. The van der Waals surface area contributed by atoms with Crippen LogP contribution in [0.15, 0.2) is 18.2 Å². The highest BCUT2D eigenvalue weighted by atomic mass is 35.5. The second-order valence-electron chi connectivity index (χ2n) is 2.05. The van der Waals surface area contributed by atoms with Crippen LogP contribution in [0, 0.1) is 5.82 Å². The van der Waals surface area contributed by atoms with Crippen LogP contribution in [0.2, 0.25) is 5.02 Å². The molecule has 1 rings (SSSR count). The molecule has 0 N–H and O–H groups in total. The second-order valence-corrected chi connectivity index (χ2v) is 3.41. The van der Waals surface area contributed by atoms with Crippen molar-refractivity contribution in [1.82, 2.24) is 0 Å². The van der Waals surface area contributed by atoms with Crippen molar-refractivity contribution in [2.24, 2.45) is 0 Å². The summed E-state index contributed by atoms with van der Waals surface area (Å²) in [6.07, 6.45) is 0. The van der Waals surface area contributed by atoms with Crippen LogP contribution in [0.3, 0.4) is 0 Å². The average molecular weight is 229 g/mol. The zero-order chi connectivity index (χ0) is 10.1. The van der Waals surface area contributed by atoms with Gasteiger partial charge >= 0.3 is 10.5 Å².